The first-order chi connectivity index (χ1) is 11.8. The Morgan fingerprint density at radius 2 is 1.88 bits per heavy atom. The van der Waals surface area contributed by atoms with Crippen LogP contribution in [-0.2, 0) is 30.4 Å². The molecule has 0 spiro atoms. The fourth-order valence-electron chi connectivity index (χ4n) is 3.00. The second-order valence-electron chi connectivity index (χ2n) is 6.12. The first-order valence-electron chi connectivity index (χ1n) is 8.00. The minimum atomic E-state index is -4.56. The monoisotopic (exact) mass is 369 g/mol. The molecule has 1 aliphatic carbocycles. The van der Waals surface area contributed by atoms with E-state index >= 15 is 0 Å². The standard InChI is InChI=1S/C18H16ClF3N2O/c19-16-6-5-14(9-15(16)18(20,21)22)23-17(25)11-24-8-7-12-3-1-2-4-13(12)10-24/h5-10H,1-4,11H2/p+1. The molecule has 1 amide bonds. The van der Waals surface area contributed by atoms with E-state index in [9.17, 15) is 18.0 Å². The number of fused-ring (bicyclic) bond motifs is 1. The van der Waals surface area contributed by atoms with Gasteiger partial charge in [0.05, 0.1) is 10.6 Å². The van der Waals surface area contributed by atoms with Crippen molar-refractivity contribution in [1.29, 1.82) is 0 Å². The summed E-state index contributed by atoms with van der Waals surface area (Å²) in [6.45, 7) is 0.0389. The molecule has 0 saturated carbocycles. The predicted octanol–water partition coefficient (Wildman–Crippen LogP) is 4.16. The highest BCUT2D eigenvalue weighted by atomic mass is 35.5. The minimum absolute atomic E-state index is 0.0389. The second-order valence-corrected chi connectivity index (χ2v) is 6.52. The first kappa shape index (κ1) is 17.7. The Labute approximate surface area is 148 Å². The number of alkyl halides is 3. The zero-order chi connectivity index (χ0) is 18.0. The Kier molecular flexibility index (Phi) is 4.99. The van der Waals surface area contributed by atoms with Gasteiger partial charge in [0.2, 0.25) is 6.54 Å². The minimum Gasteiger partial charge on any atom is -0.321 e. The average molecular weight is 370 g/mol. The van der Waals surface area contributed by atoms with Crippen LogP contribution in [0.15, 0.2) is 36.7 Å². The summed E-state index contributed by atoms with van der Waals surface area (Å²) in [7, 11) is 0. The quantitative estimate of drug-likeness (QED) is 0.809. The van der Waals surface area contributed by atoms with Crippen LogP contribution in [0, 0.1) is 0 Å². The van der Waals surface area contributed by atoms with Crippen LogP contribution in [0.1, 0.15) is 29.5 Å². The number of anilines is 1. The SMILES string of the molecule is O=C(C[n+]1ccc2c(c1)CCCC2)Nc1ccc(Cl)c(C(F)(F)F)c1. The highest BCUT2D eigenvalue weighted by Crippen LogP contribution is 2.36. The third kappa shape index (κ3) is 4.31. The van der Waals surface area contributed by atoms with Crippen molar-refractivity contribution in [2.24, 2.45) is 0 Å². The molecular formula is C18H17ClF3N2O+. The van der Waals surface area contributed by atoms with Gasteiger partial charge in [-0.2, -0.15) is 17.7 Å². The van der Waals surface area contributed by atoms with Crippen LogP contribution in [0.3, 0.4) is 0 Å². The van der Waals surface area contributed by atoms with Crippen molar-refractivity contribution in [2.75, 3.05) is 5.32 Å². The summed E-state index contributed by atoms with van der Waals surface area (Å²) in [6.07, 6.45) is 3.55. The van der Waals surface area contributed by atoms with Crippen LogP contribution >= 0.6 is 11.6 Å². The molecule has 132 valence electrons. The predicted molar refractivity (Wildman–Crippen MR) is 88.4 cm³/mol. The number of aryl methyl sites for hydroxylation is 2. The van der Waals surface area contributed by atoms with Gasteiger partial charge in [-0.15, -0.1) is 0 Å². The molecule has 0 fully saturated rings. The van der Waals surface area contributed by atoms with E-state index in [0.29, 0.717) is 0 Å². The normalized spacial score (nSPS) is 14.1. The lowest BCUT2D eigenvalue weighted by Gasteiger charge is -2.13. The molecule has 1 heterocycles. The van der Waals surface area contributed by atoms with E-state index in [1.54, 1.807) is 4.57 Å². The molecule has 0 aliphatic heterocycles. The van der Waals surface area contributed by atoms with Crippen molar-refractivity contribution in [1.82, 2.24) is 0 Å². The van der Waals surface area contributed by atoms with Crippen molar-refractivity contribution < 1.29 is 22.5 Å². The third-order valence-electron chi connectivity index (χ3n) is 4.23. The number of carbonyl (C=O) groups is 1. The van der Waals surface area contributed by atoms with E-state index < -0.39 is 22.7 Å². The van der Waals surface area contributed by atoms with E-state index in [0.717, 1.165) is 31.4 Å². The molecule has 0 bridgehead atoms. The Morgan fingerprint density at radius 3 is 2.60 bits per heavy atom. The van der Waals surface area contributed by atoms with Crippen molar-refractivity contribution in [2.45, 2.75) is 38.4 Å². The van der Waals surface area contributed by atoms with Gasteiger partial charge < -0.3 is 5.32 Å². The number of nitrogens with zero attached hydrogens (tertiary/aromatic N) is 1. The summed E-state index contributed by atoms with van der Waals surface area (Å²) in [6, 6.07) is 5.34. The molecule has 25 heavy (non-hydrogen) atoms. The molecule has 1 N–H and O–H groups in total. The second kappa shape index (κ2) is 7.04. The molecule has 3 nitrogen and oxygen atoms in total. The summed E-state index contributed by atoms with van der Waals surface area (Å²) >= 11 is 5.58. The van der Waals surface area contributed by atoms with E-state index in [2.05, 4.69) is 5.32 Å². The zero-order valence-electron chi connectivity index (χ0n) is 13.4. The van der Waals surface area contributed by atoms with Crippen LogP contribution in [-0.4, -0.2) is 5.91 Å². The van der Waals surface area contributed by atoms with Gasteiger partial charge in [0, 0.05) is 17.3 Å². The maximum Gasteiger partial charge on any atom is 0.417 e. The van der Waals surface area contributed by atoms with Crippen LogP contribution in [0.4, 0.5) is 18.9 Å². The van der Waals surface area contributed by atoms with Gasteiger partial charge in [0.25, 0.3) is 5.91 Å². The maximum atomic E-state index is 12.9. The number of carbonyl (C=O) groups excluding carboxylic acids is 1. The average Bonchev–Trinajstić information content (AvgIpc) is 2.55. The molecule has 3 rings (SSSR count). The number of hydrogen-bond donors (Lipinski definition) is 1. The van der Waals surface area contributed by atoms with Gasteiger partial charge in [-0.3, -0.25) is 4.79 Å². The molecule has 1 aliphatic rings. The number of hydrogen-bond acceptors (Lipinski definition) is 1. The molecule has 1 aromatic carbocycles. The lowest BCUT2D eigenvalue weighted by molar-refractivity contribution is -0.684. The number of nitrogens with one attached hydrogen (secondary N) is 1. The summed E-state index contributed by atoms with van der Waals surface area (Å²) in [4.78, 5) is 12.1. The number of benzene rings is 1. The van der Waals surface area contributed by atoms with Crippen LogP contribution < -0.4 is 9.88 Å². The Morgan fingerprint density at radius 1 is 1.16 bits per heavy atom. The van der Waals surface area contributed by atoms with Gasteiger partial charge in [-0.1, -0.05) is 11.6 Å². The highest BCUT2D eigenvalue weighted by Gasteiger charge is 2.33. The van der Waals surface area contributed by atoms with Crippen LogP contribution in [0.2, 0.25) is 5.02 Å². The fraction of sp³-hybridized carbons (Fsp3) is 0.333. The van der Waals surface area contributed by atoms with E-state index in [1.807, 2.05) is 18.5 Å². The number of rotatable bonds is 3. The highest BCUT2D eigenvalue weighted by molar-refractivity contribution is 6.31. The lowest BCUT2D eigenvalue weighted by atomic mass is 9.93. The van der Waals surface area contributed by atoms with Gasteiger partial charge in [0.15, 0.2) is 12.4 Å². The molecule has 0 atom stereocenters. The number of aromatic nitrogens is 1. The number of pyridine rings is 1. The molecule has 0 saturated heterocycles. The van der Waals surface area contributed by atoms with E-state index in [1.165, 1.54) is 23.6 Å². The number of halogens is 4. The Bertz CT molecular complexity index is 805. The Balaban J connectivity index is 1.71. The van der Waals surface area contributed by atoms with E-state index in [4.69, 9.17) is 11.6 Å². The molecule has 0 radical (unpaired) electrons. The topological polar surface area (TPSA) is 33.0 Å². The lowest BCUT2D eigenvalue weighted by Crippen LogP contribution is -2.40. The smallest absolute Gasteiger partial charge is 0.321 e. The zero-order valence-corrected chi connectivity index (χ0v) is 14.1. The van der Waals surface area contributed by atoms with Crippen molar-refractivity contribution in [3.63, 3.8) is 0 Å². The van der Waals surface area contributed by atoms with Gasteiger partial charge in [0.1, 0.15) is 0 Å². The molecular weight excluding hydrogens is 353 g/mol. The Hall–Kier alpha value is -2.08. The van der Waals surface area contributed by atoms with Gasteiger partial charge in [-0.25, -0.2) is 0 Å². The number of amides is 1. The van der Waals surface area contributed by atoms with Crippen molar-refractivity contribution in [3.05, 3.63) is 58.4 Å². The maximum absolute atomic E-state index is 12.9. The third-order valence-corrected chi connectivity index (χ3v) is 4.55. The summed E-state index contributed by atoms with van der Waals surface area (Å²) in [5, 5.41) is 2.10. The molecule has 1 aromatic heterocycles. The van der Waals surface area contributed by atoms with E-state index in [-0.39, 0.29) is 12.2 Å². The summed E-state index contributed by atoms with van der Waals surface area (Å²) < 4.78 is 40.4. The molecule has 2 aromatic rings. The van der Waals surface area contributed by atoms with Crippen LogP contribution in [0.5, 0.6) is 0 Å². The fourth-order valence-corrected chi connectivity index (χ4v) is 3.23. The first-order valence-corrected chi connectivity index (χ1v) is 8.38. The van der Waals surface area contributed by atoms with Crippen molar-refractivity contribution >= 4 is 23.2 Å². The summed E-state index contributed by atoms with van der Waals surface area (Å²) in [5.74, 6) is -0.392. The summed E-state index contributed by atoms with van der Waals surface area (Å²) in [5.41, 5.74) is 1.64. The molecule has 0 unspecified atom stereocenters. The van der Waals surface area contributed by atoms with Crippen molar-refractivity contribution in [3.8, 4) is 0 Å². The van der Waals surface area contributed by atoms with Crippen LogP contribution in [0.25, 0.3) is 0 Å². The van der Waals surface area contributed by atoms with Gasteiger partial charge in [-0.05, 0) is 49.4 Å². The molecule has 7 heteroatoms. The largest absolute Gasteiger partial charge is 0.417 e. The van der Waals surface area contributed by atoms with Gasteiger partial charge >= 0.3 is 6.18 Å².